The molecule has 3 rings (SSSR count). The first kappa shape index (κ1) is 19.5. The molecule has 0 saturated carbocycles. The van der Waals surface area contributed by atoms with Gasteiger partial charge in [-0.25, -0.2) is 8.42 Å². The van der Waals surface area contributed by atoms with Gasteiger partial charge >= 0.3 is 0 Å². The van der Waals surface area contributed by atoms with Crippen molar-refractivity contribution in [3.8, 4) is 11.5 Å². The fraction of sp³-hybridized carbons (Fsp3) is 0.368. The number of ether oxygens (including phenoxy) is 1. The number of nitrogens with zero attached hydrogens (tertiary/aromatic N) is 1. The normalized spacial score (nSPS) is 15.9. The number of rotatable bonds is 5. The Bertz CT molecular complexity index is 916. The molecule has 1 heterocycles. The summed E-state index contributed by atoms with van der Waals surface area (Å²) < 4.78 is 33.8. The Morgan fingerprint density at radius 3 is 2.48 bits per heavy atom. The van der Waals surface area contributed by atoms with Crippen LogP contribution in [0.2, 0.25) is 0 Å². The summed E-state index contributed by atoms with van der Waals surface area (Å²) in [5.41, 5.74) is 2.21. The van der Waals surface area contributed by atoms with Crippen molar-refractivity contribution in [3.05, 3.63) is 52.4 Å². The Balaban J connectivity index is 2.03. The summed E-state index contributed by atoms with van der Waals surface area (Å²) in [4.78, 5) is 11.1. The van der Waals surface area contributed by atoms with Gasteiger partial charge in [-0.1, -0.05) is 6.07 Å². The van der Waals surface area contributed by atoms with Crippen LogP contribution in [0.5, 0.6) is 11.5 Å². The Labute approximate surface area is 159 Å². The number of sulfonamides is 1. The minimum atomic E-state index is -3.80. The molecule has 2 aromatic rings. The molecular formula is C19H24N3O4S+. The zero-order valence-electron chi connectivity index (χ0n) is 15.5. The number of benzene rings is 2. The third-order valence-corrected chi connectivity index (χ3v) is 6.32. The second-order valence-electron chi connectivity index (χ2n) is 6.70. The largest absolute Gasteiger partial charge is 0.456 e. The van der Waals surface area contributed by atoms with Crippen molar-refractivity contribution < 1.29 is 18.3 Å². The standard InChI is InChI=1S/C19H23N3O4S/c1-14-10-15(2)12-17(11-14)26-18-5-4-16(21-23)13-19(18)27(24,25)22-8-3-6-20-7-9-22/h4-5,10-13,20H,3,6-9H2,1-2H3/p+1. The topological polar surface area (TPSA) is 89.7 Å². The van der Waals surface area contributed by atoms with Crippen molar-refractivity contribution in [1.82, 2.24) is 9.62 Å². The molecule has 0 aromatic heterocycles. The lowest BCUT2D eigenvalue weighted by atomic mass is 10.1. The number of nitroso groups, excluding NO2 is 1. The van der Waals surface area contributed by atoms with Crippen LogP contribution < -0.4 is 15.2 Å². The maximum Gasteiger partial charge on any atom is 0.254 e. The Kier molecular flexibility index (Phi) is 5.88. The highest BCUT2D eigenvalue weighted by Crippen LogP contribution is 2.33. The molecule has 0 bridgehead atoms. The summed E-state index contributed by atoms with van der Waals surface area (Å²) in [5, 5.41) is 4.95. The second-order valence-corrected chi connectivity index (χ2v) is 8.60. The van der Waals surface area contributed by atoms with Crippen molar-refractivity contribution in [2.75, 3.05) is 26.2 Å². The van der Waals surface area contributed by atoms with E-state index in [4.69, 9.17) is 4.74 Å². The van der Waals surface area contributed by atoms with E-state index >= 15 is 0 Å². The summed E-state index contributed by atoms with van der Waals surface area (Å²) in [6, 6.07) is 10.1. The van der Waals surface area contributed by atoms with E-state index in [1.54, 1.807) is 5.18 Å². The SMILES string of the molecule is Cc1cc(C)cc(Oc2ccc([NH+]=O)cc2S(=O)(=O)N2CCCNCC2)c1. The second kappa shape index (κ2) is 8.16. The molecule has 27 heavy (non-hydrogen) atoms. The molecule has 0 radical (unpaired) electrons. The first-order valence-corrected chi connectivity index (χ1v) is 10.3. The lowest BCUT2D eigenvalue weighted by Crippen LogP contribution is -2.55. The van der Waals surface area contributed by atoms with E-state index in [1.165, 1.54) is 22.5 Å². The van der Waals surface area contributed by atoms with Crippen molar-refractivity contribution in [1.29, 1.82) is 0 Å². The summed E-state index contributed by atoms with van der Waals surface area (Å²) in [5.74, 6) is 0.764. The van der Waals surface area contributed by atoms with Gasteiger partial charge in [0.25, 0.3) is 5.69 Å². The van der Waals surface area contributed by atoms with E-state index < -0.39 is 10.0 Å². The molecule has 1 fully saturated rings. The quantitative estimate of drug-likeness (QED) is 0.809. The van der Waals surface area contributed by atoms with E-state index in [1.807, 2.05) is 32.0 Å². The van der Waals surface area contributed by atoms with Crippen molar-refractivity contribution >= 4 is 15.7 Å². The highest BCUT2D eigenvalue weighted by molar-refractivity contribution is 7.89. The molecule has 0 aliphatic carbocycles. The lowest BCUT2D eigenvalue weighted by Gasteiger charge is -2.21. The molecule has 7 nitrogen and oxygen atoms in total. The molecule has 2 aromatic carbocycles. The number of hydrogen-bond donors (Lipinski definition) is 2. The van der Waals surface area contributed by atoms with Gasteiger partial charge in [-0.15, -0.1) is 0 Å². The van der Waals surface area contributed by atoms with Gasteiger partial charge in [-0.3, -0.25) is 0 Å². The van der Waals surface area contributed by atoms with Gasteiger partial charge < -0.3 is 10.1 Å². The van der Waals surface area contributed by atoms with Crippen LogP contribution in [0.3, 0.4) is 0 Å². The summed E-state index contributed by atoms with van der Waals surface area (Å²) in [6.45, 7) is 6.07. The molecule has 0 amide bonds. The molecule has 144 valence electrons. The average Bonchev–Trinajstić information content (AvgIpc) is 2.91. The highest BCUT2D eigenvalue weighted by atomic mass is 32.2. The Hall–Kier alpha value is -2.29. The molecule has 1 saturated heterocycles. The molecule has 2 N–H and O–H groups in total. The third kappa shape index (κ3) is 4.52. The molecule has 1 aliphatic heterocycles. The summed E-state index contributed by atoms with van der Waals surface area (Å²) in [6.07, 6.45) is 0.728. The van der Waals surface area contributed by atoms with Crippen molar-refractivity contribution in [2.24, 2.45) is 0 Å². The highest BCUT2D eigenvalue weighted by Gasteiger charge is 2.30. The van der Waals surface area contributed by atoms with Gasteiger partial charge in [0.15, 0.2) is 0 Å². The predicted octanol–water partition coefficient (Wildman–Crippen LogP) is 1.56. The van der Waals surface area contributed by atoms with Gasteiger partial charge in [-0.2, -0.15) is 4.31 Å². The summed E-state index contributed by atoms with van der Waals surface area (Å²) >= 11 is 0. The molecule has 8 heteroatoms. The number of hydrogen-bond acceptors (Lipinski definition) is 5. The van der Waals surface area contributed by atoms with Gasteiger partial charge in [0, 0.05) is 41.9 Å². The van der Waals surface area contributed by atoms with Gasteiger partial charge in [-0.05, 0) is 56.1 Å². The smallest absolute Gasteiger partial charge is 0.254 e. The predicted molar refractivity (Wildman–Crippen MR) is 103 cm³/mol. The molecule has 0 spiro atoms. The minimum absolute atomic E-state index is 0.00981. The molecular weight excluding hydrogens is 366 g/mol. The van der Waals surface area contributed by atoms with Crippen LogP contribution in [0, 0.1) is 18.8 Å². The van der Waals surface area contributed by atoms with E-state index in [9.17, 15) is 13.3 Å². The summed E-state index contributed by atoms with van der Waals surface area (Å²) in [7, 11) is -3.80. The first-order chi connectivity index (χ1) is 12.9. The minimum Gasteiger partial charge on any atom is -0.456 e. The monoisotopic (exact) mass is 390 g/mol. The van der Waals surface area contributed by atoms with Crippen LogP contribution in [0.4, 0.5) is 5.69 Å². The zero-order valence-corrected chi connectivity index (χ0v) is 16.3. The van der Waals surface area contributed by atoms with Crippen LogP contribution >= 0.6 is 0 Å². The van der Waals surface area contributed by atoms with Gasteiger partial charge in [0.2, 0.25) is 10.0 Å². The average molecular weight is 390 g/mol. The van der Waals surface area contributed by atoms with Crippen LogP contribution in [0.1, 0.15) is 17.5 Å². The maximum absolute atomic E-state index is 13.2. The molecule has 0 unspecified atom stereocenters. The van der Waals surface area contributed by atoms with E-state index in [2.05, 4.69) is 5.32 Å². The fourth-order valence-corrected chi connectivity index (χ4v) is 4.80. The molecule has 0 atom stereocenters. The van der Waals surface area contributed by atoms with Crippen molar-refractivity contribution in [2.45, 2.75) is 25.2 Å². The van der Waals surface area contributed by atoms with Crippen LogP contribution in [-0.2, 0) is 10.0 Å². The van der Waals surface area contributed by atoms with Crippen molar-refractivity contribution in [3.63, 3.8) is 0 Å². The molecule has 1 aliphatic rings. The van der Waals surface area contributed by atoms with Crippen LogP contribution in [0.15, 0.2) is 41.3 Å². The Morgan fingerprint density at radius 1 is 1.04 bits per heavy atom. The zero-order chi connectivity index (χ0) is 19.4. The first-order valence-electron chi connectivity index (χ1n) is 8.89. The van der Waals surface area contributed by atoms with E-state index in [0.717, 1.165) is 24.1 Å². The lowest BCUT2D eigenvalue weighted by molar-refractivity contribution is -0.379. The maximum atomic E-state index is 13.2. The number of nitrogens with one attached hydrogen (secondary N) is 2. The van der Waals surface area contributed by atoms with Gasteiger partial charge in [0.1, 0.15) is 16.4 Å². The number of aryl methyl sites for hydroxylation is 2. The van der Waals surface area contributed by atoms with Crippen LogP contribution in [-0.4, -0.2) is 38.9 Å². The van der Waals surface area contributed by atoms with E-state index in [0.29, 0.717) is 25.4 Å². The fourth-order valence-electron chi connectivity index (χ4n) is 3.18. The Morgan fingerprint density at radius 2 is 1.78 bits per heavy atom. The third-order valence-electron chi connectivity index (χ3n) is 4.40. The van der Waals surface area contributed by atoms with Gasteiger partial charge in [0.05, 0.1) is 0 Å². The van der Waals surface area contributed by atoms with E-state index in [-0.39, 0.29) is 16.3 Å². The van der Waals surface area contributed by atoms with Crippen LogP contribution in [0.25, 0.3) is 0 Å².